The smallest absolute Gasteiger partial charge is 0.0198 e. The molecule has 1 rings (SSSR count). The second-order valence-corrected chi connectivity index (χ2v) is 5.64. The summed E-state index contributed by atoms with van der Waals surface area (Å²) >= 11 is 0. The average molecular weight is 180 g/mol. The van der Waals surface area contributed by atoms with Gasteiger partial charge in [-0.15, -0.1) is 0 Å². The van der Waals surface area contributed by atoms with Gasteiger partial charge in [0.15, 0.2) is 0 Å². The minimum Gasteiger partial charge on any atom is -0.0885 e. The molecule has 13 heavy (non-hydrogen) atoms. The SMILES string of the molecule is CC=C(C)C1CC(C)CC(C)(C)C1. The Bertz CT molecular complexity index is 198. The van der Waals surface area contributed by atoms with E-state index in [1.54, 1.807) is 5.57 Å². The molecule has 0 N–H and O–H groups in total. The first-order chi connectivity index (χ1) is 5.94. The molecule has 0 heterocycles. The molecule has 76 valence electrons. The number of allylic oxidation sites excluding steroid dienone is 2. The van der Waals surface area contributed by atoms with Crippen molar-refractivity contribution >= 4 is 0 Å². The maximum Gasteiger partial charge on any atom is -0.0198 e. The van der Waals surface area contributed by atoms with Crippen LogP contribution in [0.4, 0.5) is 0 Å². The van der Waals surface area contributed by atoms with Gasteiger partial charge in [0.2, 0.25) is 0 Å². The molecule has 1 aliphatic rings. The van der Waals surface area contributed by atoms with E-state index in [0.717, 1.165) is 11.8 Å². The molecule has 0 amide bonds. The quantitative estimate of drug-likeness (QED) is 0.524. The van der Waals surface area contributed by atoms with Crippen molar-refractivity contribution in [3.63, 3.8) is 0 Å². The minimum atomic E-state index is 0.562. The van der Waals surface area contributed by atoms with E-state index in [0.29, 0.717) is 5.41 Å². The van der Waals surface area contributed by atoms with Crippen molar-refractivity contribution < 1.29 is 0 Å². The monoisotopic (exact) mass is 180 g/mol. The summed E-state index contributed by atoms with van der Waals surface area (Å²) in [4.78, 5) is 0. The number of rotatable bonds is 1. The van der Waals surface area contributed by atoms with E-state index in [4.69, 9.17) is 0 Å². The molecular weight excluding hydrogens is 156 g/mol. The Morgan fingerprint density at radius 3 is 2.38 bits per heavy atom. The van der Waals surface area contributed by atoms with Gasteiger partial charge < -0.3 is 0 Å². The van der Waals surface area contributed by atoms with Crippen LogP contribution in [-0.2, 0) is 0 Å². The topological polar surface area (TPSA) is 0 Å². The van der Waals surface area contributed by atoms with Gasteiger partial charge in [0, 0.05) is 0 Å². The molecule has 0 spiro atoms. The molecule has 0 aliphatic heterocycles. The Labute approximate surface area is 83.4 Å². The fourth-order valence-corrected chi connectivity index (χ4v) is 2.93. The van der Waals surface area contributed by atoms with E-state index in [1.165, 1.54) is 19.3 Å². The Morgan fingerprint density at radius 1 is 1.31 bits per heavy atom. The summed E-state index contributed by atoms with van der Waals surface area (Å²) in [7, 11) is 0. The minimum absolute atomic E-state index is 0.562. The highest BCUT2D eigenvalue weighted by Gasteiger charge is 2.32. The van der Waals surface area contributed by atoms with E-state index in [2.05, 4.69) is 40.7 Å². The van der Waals surface area contributed by atoms with E-state index >= 15 is 0 Å². The van der Waals surface area contributed by atoms with Gasteiger partial charge in [-0.2, -0.15) is 0 Å². The predicted octanol–water partition coefficient (Wildman–Crippen LogP) is 4.42. The van der Waals surface area contributed by atoms with Crippen molar-refractivity contribution in [2.45, 2.75) is 53.9 Å². The van der Waals surface area contributed by atoms with E-state index in [9.17, 15) is 0 Å². The molecule has 0 heteroatoms. The molecule has 1 saturated carbocycles. The van der Waals surface area contributed by atoms with Gasteiger partial charge in [0.25, 0.3) is 0 Å². The molecule has 0 saturated heterocycles. The van der Waals surface area contributed by atoms with Crippen LogP contribution in [0.25, 0.3) is 0 Å². The summed E-state index contributed by atoms with van der Waals surface area (Å²) in [5.74, 6) is 1.76. The molecule has 0 bridgehead atoms. The van der Waals surface area contributed by atoms with Crippen LogP contribution in [0.5, 0.6) is 0 Å². The zero-order valence-electron chi connectivity index (χ0n) is 9.85. The summed E-state index contributed by atoms with van der Waals surface area (Å²) in [5.41, 5.74) is 2.16. The van der Waals surface area contributed by atoms with Gasteiger partial charge in [-0.05, 0) is 50.4 Å². The van der Waals surface area contributed by atoms with Crippen LogP contribution in [-0.4, -0.2) is 0 Å². The van der Waals surface area contributed by atoms with Gasteiger partial charge in [-0.3, -0.25) is 0 Å². The third kappa shape index (κ3) is 2.86. The van der Waals surface area contributed by atoms with Crippen LogP contribution in [0, 0.1) is 17.3 Å². The van der Waals surface area contributed by atoms with Crippen LogP contribution in [0.3, 0.4) is 0 Å². The van der Waals surface area contributed by atoms with Crippen molar-refractivity contribution in [2.24, 2.45) is 17.3 Å². The third-order valence-electron chi connectivity index (χ3n) is 3.49. The zero-order valence-corrected chi connectivity index (χ0v) is 9.85. The number of hydrogen-bond acceptors (Lipinski definition) is 0. The molecule has 2 unspecified atom stereocenters. The highest BCUT2D eigenvalue weighted by Crippen LogP contribution is 2.43. The Balaban J connectivity index is 2.68. The van der Waals surface area contributed by atoms with Gasteiger partial charge in [0.05, 0.1) is 0 Å². The van der Waals surface area contributed by atoms with Gasteiger partial charge >= 0.3 is 0 Å². The molecule has 0 aromatic rings. The normalized spacial score (nSPS) is 34.7. The Kier molecular flexibility index (Phi) is 3.21. The average Bonchev–Trinajstić information content (AvgIpc) is 1.99. The summed E-state index contributed by atoms with van der Waals surface area (Å²) in [6.07, 6.45) is 6.48. The molecule has 2 atom stereocenters. The Morgan fingerprint density at radius 2 is 1.92 bits per heavy atom. The maximum absolute atomic E-state index is 2.42. The van der Waals surface area contributed by atoms with Crippen molar-refractivity contribution in [2.75, 3.05) is 0 Å². The van der Waals surface area contributed by atoms with Crippen molar-refractivity contribution in [1.82, 2.24) is 0 Å². The van der Waals surface area contributed by atoms with E-state index in [-0.39, 0.29) is 0 Å². The summed E-state index contributed by atoms with van der Waals surface area (Å²) < 4.78 is 0. The maximum atomic E-state index is 2.42. The second kappa shape index (κ2) is 3.86. The highest BCUT2D eigenvalue weighted by atomic mass is 14.4. The summed E-state index contributed by atoms with van der Waals surface area (Å²) in [5, 5.41) is 0. The van der Waals surface area contributed by atoms with Crippen molar-refractivity contribution in [1.29, 1.82) is 0 Å². The fraction of sp³-hybridized carbons (Fsp3) is 0.846. The lowest BCUT2D eigenvalue weighted by Crippen LogP contribution is -2.28. The first kappa shape index (κ1) is 10.8. The molecule has 0 radical (unpaired) electrons. The van der Waals surface area contributed by atoms with Crippen LogP contribution in [0.2, 0.25) is 0 Å². The lowest BCUT2D eigenvalue weighted by molar-refractivity contribution is 0.150. The molecular formula is C13H24. The second-order valence-electron chi connectivity index (χ2n) is 5.64. The lowest BCUT2D eigenvalue weighted by Gasteiger charge is -2.39. The highest BCUT2D eigenvalue weighted by molar-refractivity contribution is 5.05. The van der Waals surface area contributed by atoms with Crippen LogP contribution >= 0.6 is 0 Å². The van der Waals surface area contributed by atoms with Gasteiger partial charge in [0.1, 0.15) is 0 Å². The van der Waals surface area contributed by atoms with Gasteiger partial charge in [-0.1, -0.05) is 32.4 Å². The van der Waals surface area contributed by atoms with Crippen LogP contribution in [0.1, 0.15) is 53.9 Å². The Hall–Kier alpha value is -0.260. The van der Waals surface area contributed by atoms with Crippen molar-refractivity contribution in [3.05, 3.63) is 11.6 Å². The molecule has 0 aromatic carbocycles. The molecule has 0 nitrogen and oxygen atoms in total. The molecule has 0 aromatic heterocycles. The lowest BCUT2D eigenvalue weighted by atomic mass is 9.66. The molecule has 1 aliphatic carbocycles. The molecule has 1 fully saturated rings. The van der Waals surface area contributed by atoms with Crippen LogP contribution < -0.4 is 0 Å². The fourth-order valence-electron chi connectivity index (χ4n) is 2.93. The first-order valence-corrected chi connectivity index (χ1v) is 5.57. The predicted molar refractivity (Wildman–Crippen MR) is 59.7 cm³/mol. The van der Waals surface area contributed by atoms with Crippen molar-refractivity contribution in [3.8, 4) is 0 Å². The number of hydrogen-bond donors (Lipinski definition) is 0. The zero-order chi connectivity index (χ0) is 10.1. The largest absolute Gasteiger partial charge is 0.0885 e. The summed E-state index contributed by atoms with van der Waals surface area (Å²) in [6, 6.07) is 0. The third-order valence-corrected chi connectivity index (χ3v) is 3.49. The van der Waals surface area contributed by atoms with E-state index < -0.39 is 0 Å². The van der Waals surface area contributed by atoms with Crippen LogP contribution in [0.15, 0.2) is 11.6 Å². The van der Waals surface area contributed by atoms with Gasteiger partial charge in [-0.25, -0.2) is 0 Å². The summed E-state index contributed by atoms with van der Waals surface area (Å²) in [6.45, 7) is 11.7. The van der Waals surface area contributed by atoms with E-state index in [1.807, 2.05) is 0 Å². The standard InChI is InChI=1S/C13H24/c1-6-11(3)12-7-10(2)8-13(4,5)9-12/h6,10,12H,7-9H2,1-5H3. The first-order valence-electron chi connectivity index (χ1n) is 5.57.